The second-order valence-electron chi connectivity index (χ2n) is 7.27. The van der Waals surface area contributed by atoms with Crippen molar-refractivity contribution in [1.82, 2.24) is 9.62 Å². The van der Waals surface area contributed by atoms with E-state index in [1.807, 2.05) is 0 Å². The molecule has 1 amide bonds. The monoisotopic (exact) mass is 468 g/mol. The van der Waals surface area contributed by atoms with Gasteiger partial charge in [0.15, 0.2) is 0 Å². The van der Waals surface area contributed by atoms with Crippen LogP contribution in [0.5, 0.6) is 0 Å². The van der Waals surface area contributed by atoms with Crippen molar-refractivity contribution in [1.29, 1.82) is 0 Å². The van der Waals surface area contributed by atoms with Crippen molar-refractivity contribution < 1.29 is 17.6 Å². The number of sulfonamides is 1. The van der Waals surface area contributed by atoms with E-state index in [1.165, 1.54) is 16.4 Å². The Morgan fingerprint density at radius 1 is 1.18 bits per heavy atom. The molecule has 1 N–H and O–H groups in total. The van der Waals surface area contributed by atoms with Crippen molar-refractivity contribution in [2.75, 3.05) is 13.1 Å². The Bertz CT molecular complexity index is 948. The zero-order valence-electron chi connectivity index (χ0n) is 15.5. The summed E-state index contributed by atoms with van der Waals surface area (Å²) in [5, 5.41) is 2.86. The summed E-state index contributed by atoms with van der Waals surface area (Å²) in [6.45, 7) is 2.57. The third kappa shape index (κ3) is 4.61. The highest BCUT2D eigenvalue weighted by molar-refractivity contribution is 9.10. The predicted octanol–water partition coefficient (Wildman–Crippen LogP) is 3.70. The number of amides is 1. The number of nitrogens with one attached hydrogen (secondary N) is 1. The van der Waals surface area contributed by atoms with Gasteiger partial charge < -0.3 is 5.32 Å². The molecule has 0 unspecified atom stereocenters. The van der Waals surface area contributed by atoms with E-state index < -0.39 is 15.4 Å². The van der Waals surface area contributed by atoms with Crippen LogP contribution in [0, 0.1) is 11.2 Å². The van der Waals surface area contributed by atoms with E-state index in [0.29, 0.717) is 19.4 Å². The zero-order chi connectivity index (χ0) is 20.4. The van der Waals surface area contributed by atoms with Crippen LogP contribution in [0.3, 0.4) is 0 Å². The number of hydrogen-bond acceptors (Lipinski definition) is 3. The molecule has 150 valence electrons. The Morgan fingerprint density at radius 3 is 2.46 bits per heavy atom. The zero-order valence-corrected chi connectivity index (χ0v) is 17.9. The predicted molar refractivity (Wildman–Crippen MR) is 108 cm³/mol. The van der Waals surface area contributed by atoms with Crippen LogP contribution < -0.4 is 5.32 Å². The third-order valence-electron chi connectivity index (χ3n) is 5.03. The fourth-order valence-electron chi connectivity index (χ4n) is 3.34. The van der Waals surface area contributed by atoms with Crippen LogP contribution in [0.1, 0.15) is 25.3 Å². The molecule has 1 aliphatic rings. The summed E-state index contributed by atoms with van der Waals surface area (Å²) in [5.41, 5.74) is -0.0331. The second kappa shape index (κ2) is 8.31. The number of hydrogen-bond donors (Lipinski definition) is 1. The summed E-state index contributed by atoms with van der Waals surface area (Å²) in [7, 11) is -3.66. The second-order valence-corrected chi connectivity index (χ2v) is 10.1. The van der Waals surface area contributed by atoms with Gasteiger partial charge in [0.05, 0.1) is 10.3 Å². The minimum absolute atomic E-state index is 0.126. The van der Waals surface area contributed by atoms with E-state index in [1.54, 1.807) is 43.3 Å². The normalized spacial score (nSPS) is 20.7. The van der Waals surface area contributed by atoms with E-state index in [-0.39, 0.29) is 29.7 Å². The fraction of sp³-hybridized carbons (Fsp3) is 0.350. The number of carbonyl (C=O) groups excluding carboxylic acids is 1. The minimum atomic E-state index is -3.66. The van der Waals surface area contributed by atoms with Crippen LogP contribution in [0.25, 0.3) is 0 Å². The van der Waals surface area contributed by atoms with Gasteiger partial charge in [0.2, 0.25) is 15.9 Å². The van der Waals surface area contributed by atoms with E-state index in [4.69, 9.17) is 0 Å². The molecule has 0 aliphatic carbocycles. The van der Waals surface area contributed by atoms with Gasteiger partial charge in [0.1, 0.15) is 5.82 Å². The van der Waals surface area contributed by atoms with Crippen molar-refractivity contribution in [2.24, 2.45) is 5.41 Å². The lowest BCUT2D eigenvalue weighted by atomic mass is 9.82. The molecule has 3 rings (SSSR count). The van der Waals surface area contributed by atoms with E-state index in [9.17, 15) is 17.6 Å². The van der Waals surface area contributed by atoms with E-state index >= 15 is 0 Å². The third-order valence-corrected chi connectivity index (χ3v) is 7.42. The Labute approximate surface area is 173 Å². The number of benzene rings is 2. The topological polar surface area (TPSA) is 66.5 Å². The highest BCUT2D eigenvalue weighted by atomic mass is 79.9. The van der Waals surface area contributed by atoms with E-state index in [2.05, 4.69) is 21.2 Å². The lowest BCUT2D eigenvalue weighted by Gasteiger charge is -2.38. The van der Waals surface area contributed by atoms with Gasteiger partial charge in [-0.2, -0.15) is 4.31 Å². The van der Waals surface area contributed by atoms with Gasteiger partial charge >= 0.3 is 0 Å². The van der Waals surface area contributed by atoms with E-state index in [0.717, 1.165) is 10.0 Å². The molecule has 1 saturated heterocycles. The Kier molecular flexibility index (Phi) is 6.21. The Hall–Kier alpha value is -1.77. The summed E-state index contributed by atoms with van der Waals surface area (Å²) in [5.74, 6) is -0.532. The van der Waals surface area contributed by atoms with Crippen LogP contribution >= 0.6 is 15.9 Å². The number of rotatable bonds is 5. The first-order valence-corrected chi connectivity index (χ1v) is 11.2. The molecule has 0 spiro atoms. The van der Waals surface area contributed by atoms with Gasteiger partial charge in [-0.15, -0.1) is 0 Å². The molecule has 1 atom stereocenters. The smallest absolute Gasteiger partial charge is 0.243 e. The number of halogens is 2. The molecule has 28 heavy (non-hydrogen) atoms. The molecule has 0 radical (unpaired) electrons. The maximum Gasteiger partial charge on any atom is 0.243 e. The molecule has 8 heteroatoms. The van der Waals surface area contributed by atoms with Crippen molar-refractivity contribution in [3.63, 3.8) is 0 Å². The standard InChI is InChI=1S/C20H22BrFN2O3S/c1-20(19(25)23-13-15-3-7-17(22)8-4-15)11-2-12-24(14-20)28(26,27)18-9-5-16(21)6-10-18/h3-10H,2,11-14H2,1H3,(H,23,25)/t20-/m1/s1. The average molecular weight is 469 g/mol. The van der Waals surface area contributed by atoms with Gasteiger partial charge in [-0.25, -0.2) is 12.8 Å². The maximum absolute atomic E-state index is 13.0. The van der Waals surface area contributed by atoms with Gasteiger partial charge in [-0.1, -0.05) is 28.1 Å². The lowest BCUT2D eigenvalue weighted by Crippen LogP contribution is -2.51. The summed E-state index contributed by atoms with van der Waals surface area (Å²) in [4.78, 5) is 13.0. The van der Waals surface area contributed by atoms with Crippen LogP contribution in [0.15, 0.2) is 57.9 Å². The number of piperidine rings is 1. The first-order chi connectivity index (χ1) is 13.2. The molecular weight excluding hydrogens is 447 g/mol. The molecule has 1 aliphatic heterocycles. The van der Waals surface area contributed by atoms with Crippen molar-refractivity contribution >= 4 is 31.9 Å². The summed E-state index contributed by atoms with van der Waals surface area (Å²) < 4.78 is 41.1. The summed E-state index contributed by atoms with van der Waals surface area (Å²) in [6, 6.07) is 12.4. The van der Waals surface area contributed by atoms with Crippen LogP contribution in [-0.2, 0) is 21.4 Å². The molecule has 0 bridgehead atoms. The Balaban J connectivity index is 1.70. The average Bonchev–Trinajstić information content (AvgIpc) is 2.67. The SMILES string of the molecule is C[C@@]1(C(=O)NCc2ccc(F)cc2)CCCN(S(=O)(=O)c2ccc(Br)cc2)C1. The quantitative estimate of drug-likeness (QED) is 0.727. The first kappa shape index (κ1) is 21.0. The lowest BCUT2D eigenvalue weighted by molar-refractivity contribution is -0.132. The van der Waals surface area contributed by atoms with Gasteiger partial charge in [-0.3, -0.25) is 4.79 Å². The van der Waals surface area contributed by atoms with Crippen molar-refractivity contribution in [3.05, 3.63) is 64.4 Å². The molecule has 5 nitrogen and oxygen atoms in total. The summed E-state index contributed by atoms with van der Waals surface area (Å²) in [6.07, 6.45) is 1.21. The first-order valence-electron chi connectivity index (χ1n) is 8.99. The highest BCUT2D eigenvalue weighted by Crippen LogP contribution is 2.33. The maximum atomic E-state index is 13.0. The molecular formula is C20H22BrFN2O3S. The fourth-order valence-corrected chi connectivity index (χ4v) is 5.20. The Morgan fingerprint density at radius 2 is 1.82 bits per heavy atom. The largest absolute Gasteiger partial charge is 0.352 e. The highest BCUT2D eigenvalue weighted by Gasteiger charge is 2.41. The molecule has 2 aromatic rings. The molecule has 1 fully saturated rings. The van der Waals surface area contributed by atoms with Crippen molar-refractivity contribution in [2.45, 2.75) is 31.2 Å². The number of nitrogens with zero attached hydrogens (tertiary/aromatic N) is 1. The van der Waals surface area contributed by atoms with Crippen LogP contribution in [-0.4, -0.2) is 31.7 Å². The summed E-state index contributed by atoms with van der Waals surface area (Å²) >= 11 is 3.30. The van der Waals surface area contributed by atoms with Crippen LogP contribution in [0.4, 0.5) is 4.39 Å². The van der Waals surface area contributed by atoms with Gasteiger partial charge in [0.25, 0.3) is 0 Å². The molecule has 0 saturated carbocycles. The van der Waals surface area contributed by atoms with Gasteiger partial charge in [-0.05, 0) is 61.7 Å². The van der Waals surface area contributed by atoms with Gasteiger partial charge in [0, 0.05) is 24.1 Å². The molecule has 0 aromatic heterocycles. The molecule has 2 aromatic carbocycles. The van der Waals surface area contributed by atoms with Crippen molar-refractivity contribution in [3.8, 4) is 0 Å². The molecule has 1 heterocycles. The minimum Gasteiger partial charge on any atom is -0.352 e. The number of carbonyl (C=O) groups is 1. The van der Waals surface area contributed by atoms with Crippen LogP contribution in [0.2, 0.25) is 0 Å².